The highest BCUT2D eigenvalue weighted by molar-refractivity contribution is 7.13. The van der Waals surface area contributed by atoms with Crippen LogP contribution < -0.4 is 10.6 Å². The number of piperidine rings is 1. The smallest absolute Gasteiger partial charge is 0.226 e. The van der Waals surface area contributed by atoms with Gasteiger partial charge in [-0.25, -0.2) is 0 Å². The van der Waals surface area contributed by atoms with Crippen molar-refractivity contribution in [2.45, 2.75) is 38.1 Å². The van der Waals surface area contributed by atoms with Gasteiger partial charge in [0.2, 0.25) is 17.6 Å². The highest BCUT2D eigenvalue weighted by atomic mass is 32.1. The molecular weight excluding hydrogens is 300 g/mol. The molecule has 6 nitrogen and oxygen atoms in total. The number of carbonyl (C=O) groups is 1. The zero-order valence-corrected chi connectivity index (χ0v) is 13.2. The van der Waals surface area contributed by atoms with Gasteiger partial charge < -0.3 is 15.2 Å². The first kappa shape index (κ1) is 15.2. The molecule has 0 radical (unpaired) electrons. The van der Waals surface area contributed by atoms with E-state index < -0.39 is 0 Å². The zero-order chi connectivity index (χ0) is 15.2. The number of aryl methyl sites for hydroxylation is 1. The lowest BCUT2D eigenvalue weighted by molar-refractivity contribution is -0.122. The van der Waals surface area contributed by atoms with E-state index in [1.165, 1.54) is 0 Å². The number of rotatable bonds is 6. The van der Waals surface area contributed by atoms with E-state index in [1.807, 2.05) is 17.5 Å². The minimum atomic E-state index is 0.116. The molecule has 0 spiro atoms. The third-order valence-corrected chi connectivity index (χ3v) is 4.57. The van der Waals surface area contributed by atoms with Crippen molar-refractivity contribution in [3.8, 4) is 10.7 Å². The summed E-state index contributed by atoms with van der Waals surface area (Å²) in [5.41, 5.74) is 0. The van der Waals surface area contributed by atoms with Gasteiger partial charge in [0.25, 0.3) is 0 Å². The van der Waals surface area contributed by atoms with Crippen molar-refractivity contribution >= 4 is 17.2 Å². The molecular formula is C15H20N4O2S. The number of carbonyl (C=O) groups excluding carboxylic acids is 1. The van der Waals surface area contributed by atoms with Crippen LogP contribution in [0.4, 0.5) is 0 Å². The van der Waals surface area contributed by atoms with E-state index in [4.69, 9.17) is 4.52 Å². The molecule has 1 saturated heterocycles. The maximum atomic E-state index is 11.9. The summed E-state index contributed by atoms with van der Waals surface area (Å²) >= 11 is 1.58. The third-order valence-electron chi connectivity index (χ3n) is 3.71. The van der Waals surface area contributed by atoms with E-state index in [0.717, 1.165) is 37.2 Å². The van der Waals surface area contributed by atoms with E-state index in [0.29, 0.717) is 30.6 Å². The largest absolute Gasteiger partial charge is 0.353 e. The monoisotopic (exact) mass is 320 g/mol. The normalized spacial score (nSPS) is 15.8. The molecule has 0 aliphatic carbocycles. The number of nitrogens with zero attached hydrogens (tertiary/aromatic N) is 2. The molecule has 0 aromatic carbocycles. The number of nitrogens with one attached hydrogen (secondary N) is 2. The van der Waals surface area contributed by atoms with Crippen molar-refractivity contribution in [1.29, 1.82) is 0 Å². The summed E-state index contributed by atoms with van der Waals surface area (Å²) in [6.07, 6.45) is 3.89. The molecule has 3 heterocycles. The Morgan fingerprint density at radius 2 is 2.32 bits per heavy atom. The molecule has 2 aromatic heterocycles. The van der Waals surface area contributed by atoms with Gasteiger partial charge in [-0.15, -0.1) is 11.3 Å². The predicted octanol–water partition coefficient (Wildman–Crippen LogP) is 1.99. The molecule has 1 aliphatic rings. The van der Waals surface area contributed by atoms with Gasteiger partial charge in [-0.05, 0) is 43.8 Å². The van der Waals surface area contributed by atoms with Crippen LogP contribution in [0.25, 0.3) is 10.7 Å². The fraction of sp³-hybridized carbons (Fsp3) is 0.533. The van der Waals surface area contributed by atoms with Gasteiger partial charge in [0.1, 0.15) is 0 Å². The molecule has 2 N–H and O–H groups in total. The number of aromatic nitrogens is 2. The minimum absolute atomic E-state index is 0.116. The average molecular weight is 320 g/mol. The fourth-order valence-electron chi connectivity index (χ4n) is 2.53. The van der Waals surface area contributed by atoms with Crippen LogP contribution in [-0.4, -0.2) is 35.2 Å². The topological polar surface area (TPSA) is 80.0 Å². The highest BCUT2D eigenvalue weighted by Gasteiger charge is 2.15. The molecule has 0 saturated carbocycles. The first-order valence-corrected chi connectivity index (χ1v) is 8.56. The van der Waals surface area contributed by atoms with Crippen LogP contribution in [0, 0.1) is 0 Å². The van der Waals surface area contributed by atoms with Gasteiger partial charge in [-0.1, -0.05) is 11.2 Å². The predicted molar refractivity (Wildman–Crippen MR) is 84.6 cm³/mol. The van der Waals surface area contributed by atoms with Crippen LogP contribution >= 0.6 is 11.3 Å². The van der Waals surface area contributed by atoms with Gasteiger partial charge in [-0.2, -0.15) is 4.98 Å². The van der Waals surface area contributed by atoms with E-state index in [9.17, 15) is 4.79 Å². The molecule has 0 bridgehead atoms. The Bertz CT molecular complexity index is 590. The Balaban J connectivity index is 1.40. The summed E-state index contributed by atoms with van der Waals surface area (Å²) < 4.78 is 5.23. The third kappa shape index (κ3) is 4.14. The van der Waals surface area contributed by atoms with Gasteiger partial charge in [-0.3, -0.25) is 4.79 Å². The molecule has 3 rings (SSSR count). The second-order valence-electron chi connectivity index (χ2n) is 5.43. The van der Waals surface area contributed by atoms with Gasteiger partial charge >= 0.3 is 0 Å². The lowest BCUT2D eigenvalue weighted by atomic mass is 10.1. The number of hydrogen-bond donors (Lipinski definition) is 2. The van der Waals surface area contributed by atoms with E-state index in [2.05, 4.69) is 20.8 Å². The first-order chi connectivity index (χ1) is 10.8. The van der Waals surface area contributed by atoms with Crippen LogP contribution in [0.15, 0.2) is 22.0 Å². The first-order valence-electron chi connectivity index (χ1n) is 7.68. The Hall–Kier alpha value is -1.73. The van der Waals surface area contributed by atoms with E-state index >= 15 is 0 Å². The molecule has 118 valence electrons. The summed E-state index contributed by atoms with van der Waals surface area (Å²) in [6.45, 7) is 1.97. The van der Waals surface area contributed by atoms with Crippen LogP contribution in [0.5, 0.6) is 0 Å². The lowest BCUT2D eigenvalue weighted by Crippen LogP contribution is -2.42. The molecule has 1 aliphatic heterocycles. The summed E-state index contributed by atoms with van der Waals surface area (Å²) in [4.78, 5) is 17.3. The number of amides is 1. The van der Waals surface area contributed by atoms with Crippen molar-refractivity contribution in [3.63, 3.8) is 0 Å². The van der Waals surface area contributed by atoms with Crippen LogP contribution in [0.3, 0.4) is 0 Å². The van der Waals surface area contributed by atoms with E-state index in [-0.39, 0.29) is 5.91 Å². The Labute approximate surface area is 133 Å². The molecule has 1 amide bonds. The molecule has 0 unspecified atom stereocenters. The zero-order valence-electron chi connectivity index (χ0n) is 12.4. The Morgan fingerprint density at radius 3 is 3.09 bits per heavy atom. The lowest BCUT2D eigenvalue weighted by Gasteiger charge is -2.23. The SMILES string of the molecule is O=C(CCCc1nc(-c2cccs2)no1)NC1CCNCC1. The summed E-state index contributed by atoms with van der Waals surface area (Å²) in [6, 6.07) is 4.25. The average Bonchev–Trinajstić information content (AvgIpc) is 3.19. The maximum absolute atomic E-state index is 11.9. The summed E-state index contributed by atoms with van der Waals surface area (Å²) in [5, 5.41) is 12.3. The van der Waals surface area contributed by atoms with Crippen molar-refractivity contribution in [3.05, 3.63) is 23.4 Å². The minimum Gasteiger partial charge on any atom is -0.353 e. The number of thiophene rings is 1. The van der Waals surface area contributed by atoms with Gasteiger partial charge in [0, 0.05) is 18.9 Å². The maximum Gasteiger partial charge on any atom is 0.226 e. The van der Waals surface area contributed by atoms with Crippen molar-refractivity contribution in [2.75, 3.05) is 13.1 Å². The Kier molecular flexibility index (Phi) is 5.18. The Morgan fingerprint density at radius 1 is 1.45 bits per heavy atom. The quantitative estimate of drug-likeness (QED) is 0.851. The summed E-state index contributed by atoms with van der Waals surface area (Å²) in [5.74, 6) is 1.34. The molecule has 22 heavy (non-hydrogen) atoms. The van der Waals surface area contributed by atoms with Crippen molar-refractivity contribution in [2.24, 2.45) is 0 Å². The molecule has 7 heteroatoms. The fourth-order valence-corrected chi connectivity index (χ4v) is 3.18. The standard InChI is InChI=1S/C15H20N4O2S/c20-13(17-11-6-8-16-9-7-11)4-1-5-14-18-15(19-21-14)12-3-2-10-22-12/h2-3,10-11,16H,1,4-9H2,(H,17,20). The molecule has 1 fully saturated rings. The molecule has 0 atom stereocenters. The number of hydrogen-bond acceptors (Lipinski definition) is 6. The van der Waals surface area contributed by atoms with Gasteiger partial charge in [0.15, 0.2) is 0 Å². The van der Waals surface area contributed by atoms with Crippen molar-refractivity contribution in [1.82, 2.24) is 20.8 Å². The van der Waals surface area contributed by atoms with Crippen LogP contribution in [-0.2, 0) is 11.2 Å². The van der Waals surface area contributed by atoms with Crippen molar-refractivity contribution < 1.29 is 9.32 Å². The second kappa shape index (κ2) is 7.51. The van der Waals surface area contributed by atoms with Gasteiger partial charge in [0.05, 0.1) is 4.88 Å². The second-order valence-corrected chi connectivity index (χ2v) is 6.38. The summed E-state index contributed by atoms with van der Waals surface area (Å²) in [7, 11) is 0. The highest BCUT2D eigenvalue weighted by Crippen LogP contribution is 2.21. The van der Waals surface area contributed by atoms with Crippen LogP contribution in [0.2, 0.25) is 0 Å². The van der Waals surface area contributed by atoms with Crippen LogP contribution in [0.1, 0.15) is 31.6 Å². The van der Waals surface area contributed by atoms with E-state index in [1.54, 1.807) is 11.3 Å². The molecule has 2 aromatic rings.